The predicted molar refractivity (Wildman–Crippen MR) is 72.4 cm³/mol. The van der Waals surface area contributed by atoms with Gasteiger partial charge in [0, 0.05) is 31.9 Å². The molecule has 2 aromatic heterocycles. The zero-order valence-electron chi connectivity index (χ0n) is 10.3. The molecular formula is C14H16N4. The van der Waals surface area contributed by atoms with Crippen LogP contribution in [0.15, 0.2) is 43.0 Å². The predicted octanol–water partition coefficient (Wildman–Crippen LogP) is 1.99. The number of aryl methyl sites for hydroxylation is 1. The number of rotatable bonds is 3. The first-order chi connectivity index (χ1) is 8.79. The fraction of sp³-hybridized carbons (Fsp3) is 0.214. The molecule has 3 aromatic rings. The summed E-state index contributed by atoms with van der Waals surface area (Å²) in [4.78, 5) is 7.47. The number of aromatic nitrogens is 3. The lowest BCUT2D eigenvalue weighted by molar-refractivity contribution is 0.821. The average Bonchev–Trinajstić information content (AvgIpc) is 3.01. The topological polar surface area (TPSA) is 59.6 Å². The van der Waals surface area contributed by atoms with Gasteiger partial charge in [-0.1, -0.05) is 6.07 Å². The highest BCUT2D eigenvalue weighted by atomic mass is 15.0. The first-order valence-electron chi connectivity index (χ1n) is 6.03. The van der Waals surface area contributed by atoms with Crippen LogP contribution in [-0.4, -0.2) is 21.1 Å². The highest BCUT2D eigenvalue weighted by molar-refractivity contribution is 5.76. The summed E-state index contributed by atoms with van der Waals surface area (Å²) in [7, 11) is 2.00. The number of fused-ring (bicyclic) bond motifs is 1. The van der Waals surface area contributed by atoms with E-state index in [9.17, 15) is 0 Å². The number of nitrogens with two attached hydrogens (primary N) is 1. The lowest BCUT2D eigenvalue weighted by Crippen LogP contribution is -2.13. The van der Waals surface area contributed by atoms with E-state index in [1.165, 1.54) is 11.1 Å². The van der Waals surface area contributed by atoms with Gasteiger partial charge < -0.3 is 15.3 Å². The molecule has 1 aromatic carbocycles. The van der Waals surface area contributed by atoms with E-state index in [2.05, 4.69) is 34.2 Å². The van der Waals surface area contributed by atoms with E-state index in [1.54, 1.807) is 0 Å². The molecule has 0 saturated carbocycles. The van der Waals surface area contributed by atoms with Gasteiger partial charge in [-0.05, 0) is 29.3 Å². The van der Waals surface area contributed by atoms with E-state index in [0.717, 1.165) is 11.0 Å². The molecule has 0 aliphatic rings. The Morgan fingerprint density at radius 3 is 2.94 bits per heavy atom. The Bertz CT molecular complexity index is 652. The molecule has 0 aliphatic heterocycles. The summed E-state index contributed by atoms with van der Waals surface area (Å²) >= 11 is 0. The zero-order valence-corrected chi connectivity index (χ0v) is 10.3. The molecule has 0 aliphatic carbocycles. The van der Waals surface area contributed by atoms with Gasteiger partial charge in [0.1, 0.15) is 0 Å². The molecule has 0 fully saturated rings. The van der Waals surface area contributed by atoms with E-state index >= 15 is 0 Å². The number of aromatic amines is 1. The van der Waals surface area contributed by atoms with Crippen LogP contribution < -0.4 is 5.73 Å². The Morgan fingerprint density at radius 2 is 2.22 bits per heavy atom. The third-order valence-electron chi connectivity index (χ3n) is 3.41. The summed E-state index contributed by atoms with van der Waals surface area (Å²) in [6, 6.07) is 8.43. The van der Waals surface area contributed by atoms with Gasteiger partial charge in [0.25, 0.3) is 0 Å². The summed E-state index contributed by atoms with van der Waals surface area (Å²) < 4.78 is 2.02. The monoisotopic (exact) mass is 240 g/mol. The second kappa shape index (κ2) is 4.31. The van der Waals surface area contributed by atoms with Crippen LogP contribution in [0.3, 0.4) is 0 Å². The normalized spacial score (nSPS) is 13.0. The molecule has 0 bridgehead atoms. The number of nitrogens with zero attached hydrogens (tertiary/aromatic N) is 2. The summed E-state index contributed by atoms with van der Waals surface area (Å²) in [6.07, 6.45) is 5.76. The second-order valence-electron chi connectivity index (χ2n) is 4.54. The molecule has 0 saturated heterocycles. The third-order valence-corrected chi connectivity index (χ3v) is 3.41. The molecule has 0 amide bonds. The van der Waals surface area contributed by atoms with Gasteiger partial charge in [-0.25, -0.2) is 4.98 Å². The van der Waals surface area contributed by atoms with Crippen molar-refractivity contribution in [1.29, 1.82) is 0 Å². The van der Waals surface area contributed by atoms with Crippen molar-refractivity contribution in [1.82, 2.24) is 14.5 Å². The Balaban J connectivity index is 2.07. The quantitative estimate of drug-likeness (QED) is 0.735. The minimum absolute atomic E-state index is 0.225. The Morgan fingerprint density at radius 1 is 1.33 bits per heavy atom. The van der Waals surface area contributed by atoms with Crippen molar-refractivity contribution < 1.29 is 0 Å². The molecule has 4 heteroatoms. The van der Waals surface area contributed by atoms with Crippen LogP contribution in [0, 0.1) is 0 Å². The van der Waals surface area contributed by atoms with Gasteiger partial charge in [0.2, 0.25) is 0 Å². The molecule has 92 valence electrons. The number of hydrogen-bond donors (Lipinski definition) is 2. The lowest BCUT2D eigenvalue weighted by atomic mass is 9.93. The standard InChI is InChI=1S/C14H16N4/c1-18-9-17-13-6-10(2-3-14(13)18)12(7-15)11-4-5-16-8-11/h2-6,8-9,12,16H,7,15H2,1H3. The Hall–Kier alpha value is -2.07. The molecule has 2 heterocycles. The zero-order chi connectivity index (χ0) is 12.5. The van der Waals surface area contributed by atoms with E-state index in [1.807, 2.05) is 30.3 Å². The summed E-state index contributed by atoms with van der Waals surface area (Å²) in [5, 5.41) is 0. The van der Waals surface area contributed by atoms with E-state index in [0.29, 0.717) is 6.54 Å². The minimum Gasteiger partial charge on any atom is -0.367 e. The van der Waals surface area contributed by atoms with Gasteiger partial charge in [-0.15, -0.1) is 0 Å². The molecule has 1 unspecified atom stereocenters. The first kappa shape index (κ1) is 11.0. The van der Waals surface area contributed by atoms with Crippen molar-refractivity contribution in [2.45, 2.75) is 5.92 Å². The summed E-state index contributed by atoms with van der Waals surface area (Å²) in [5.74, 6) is 0.225. The minimum atomic E-state index is 0.225. The lowest BCUT2D eigenvalue weighted by Gasteiger charge is -2.13. The summed E-state index contributed by atoms with van der Waals surface area (Å²) in [6.45, 7) is 0.593. The maximum absolute atomic E-state index is 5.91. The number of hydrogen-bond acceptors (Lipinski definition) is 2. The van der Waals surface area contributed by atoms with Crippen LogP contribution in [0.25, 0.3) is 11.0 Å². The SMILES string of the molecule is Cn1cnc2cc(C(CN)c3cc[nH]c3)ccc21. The number of benzene rings is 1. The van der Waals surface area contributed by atoms with Crippen molar-refractivity contribution in [3.63, 3.8) is 0 Å². The van der Waals surface area contributed by atoms with Crippen molar-refractivity contribution >= 4 is 11.0 Å². The van der Waals surface area contributed by atoms with Gasteiger partial charge in [0.05, 0.1) is 17.4 Å². The maximum atomic E-state index is 5.91. The van der Waals surface area contributed by atoms with Crippen molar-refractivity contribution in [3.8, 4) is 0 Å². The smallest absolute Gasteiger partial charge is 0.0955 e. The Labute approximate surface area is 105 Å². The highest BCUT2D eigenvalue weighted by Crippen LogP contribution is 2.25. The van der Waals surface area contributed by atoms with Crippen LogP contribution >= 0.6 is 0 Å². The van der Waals surface area contributed by atoms with Crippen LogP contribution in [0.5, 0.6) is 0 Å². The van der Waals surface area contributed by atoms with E-state index in [4.69, 9.17) is 5.73 Å². The molecule has 1 atom stereocenters. The van der Waals surface area contributed by atoms with Gasteiger partial charge in [-0.3, -0.25) is 0 Å². The fourth-order valence-corrected chi connectivity index (χ4v) is 2.39. The molecule has 3 N–H and O–H groups in total. The summed E-state index contributed by atoms with van der Waals surface area (Å²) in [5.41, 5.74) is 10.5. The van der Waals surface area contributed by atoms with Crippen molar-refractivity contribution in [2.75, 3.05) is 6.54 Å². The van der Waals surface area contributed by atoms with E-state index < -0.39 is 0 Å². The molecule has 0 spiro atoms. The van der Waals surface area contributed by atoms with Gasteiger partial charge >= 0.3 is 0 Å². The molecule has 3 rings (SSSR count). The van der Waals surface area contributed by atoms with Gasteiger partial charge in [-0.2, -0.15) is 0 Å². The van der Waals surface area contributed by atoms with Crippen LogP contribution in [0.1, 0.15) is 17.0 Å². The number of imidazole rings is 1. The number of H-pyrrole nitrogens is 1. The average molecular weight is 240 g/mol. The molecular weight excluding hydrogens is 224 g/mol. The molecule has 18 heavy (non-hydrogen) atoms. The fourth-order valence-electron chi connectivity index (χ4n) is 2.39. The second-order valence-corrected chi connectivity index (χ2v) is 4.54. The van der Waals surface area contributed by atoms with Gasteiger partial charge in [0.15, 0.2) is 0 Å². The van der Waals surface area contributed by atoms with E-state index in [-0.39, 0.29) is 5.92 Å². The maximum Gasteiger partial charge on any atom is 0.0955 e. The van der Waals surface area contributed by atoms with Crippen molar-refractivity contribution in [2.24, 2.45) is 12.8 Å². The third kappa shape index (κ3) is 1.71. The largest absolute Gasteiger partial charge is 0.367 e. The molecule has 0 radical (unpaired) electrons. The molecule has 4 nitrogen and oxygen atoms in total. The van der Waals surface area contributed by atoms with Crippen molar-refractivity contribution in [3.05, 3.63) is 54.1 Å². The van der Waals surface area contributed by atoms with Crippen LogP contribution in [0.2, 0.25) is 0 Å². The Kier molecular flexibility index (Phi) is 2.64. The number of nitrogens with one attached hydrogen (secondary N) is 1. The first-order valence-corrected chi connectivity index (χ1v) is 6.03. The van der Waals surface area contributed by atoms with Crippen LogP contribution in [-0.2, 0) is 7.05 Å². The highest BCUT2D eigenvalue weighted by Gasteiger charge is 2.14. The van der Waals surface area contributed by atoms with Crippen LogP contribution in [0.4, 0.5) is 0 Å².